The molecule has 1 aliphatic heterocycles. The largest absolute Gasteiger partial charge is 0.493 e. The summed E-state index contributed by atoms with van der Waals surface area (Å²) in [5.74, 6) is 1.56. The molecule has 1 fully saturated rings. The van der Waals surface area contributed by atoms with Crippen LogP contribution in [0, 0.1) is 0 Å². The lowest BCUT2D eigenvalue weighted by Crippen LogP contribution is -2.42. The molecule has 0 unspecified atom stereocenters. The van der Waals surface area contributed by atoms with Crippen molar-refractivity contribution >= 4 is 12.1 Å². The van der Waals surface area contributed by atoms with E-state index in [1.807, 2.05) is 36.4 Å². The number of β-lactam (4-membered cyclic amide) rings is 1. The number of hydrogen-bond acceptors (Lipinski definition) is 5. The summed E-state index contributed by atoms with van der Waals surface area (Å²) in [6, 6.07) is 13.4. The van der Waals surface area contributed by atoms with Crippen LogP contribution >= 0.6 is 0 Å². The van der Waals surface area contributed by atoms with Crippen molar-refractivity contribution in [2.24, 2.45) is 5.10 Å². The first-order valence-corrected chi connectivity index (χ1v) is 7.89. The number of benzene rings is 2. The lowest BCUT2D eigenvalue weighted by atomic mass is 9.96. The number of rotatable bonds is 6. The minimum absolute atomic E-state index is 0.00968. The first-order valence-electron chi connectivity index (χ1n) is 7.89. The summed E-state index contributed by atoms with van der Waals surface area (Å²) in [4.78, 5) is 11.9. The summed E-state index contributed by atoms with van der Waals surface area (Å²) < 4.78 is 16.1. The van der Waals surface area contributed by atoms with Crippen LogP contribution in [0.4, 0.5) is 0 Å². The predicted molar refractivity (Wildman–Crippen MR) is 94.3 cm³/mol. The zero-order valence-corrected chi connectivity index (χ0v) is 14.4. The zero-order chi connectivity index (χ0) is 17.8. The third kappa shape index (κ3) is 3.15. The van der Waals surface area contributed by atoms with Crippen molar-refractivity contribution in [3.8, 4) is 17.2 Å². The molecule has 3 rings (SSSR count). The third-order valence-electron chi connectivity index (χ3n) is 4.16. The number of ether oxygens (including phenoxy) is 3. The maximum atomic E-state index is 11.9. The molecule has 0 radical (unpaired) electrons. The molecule has 0 aliphatic carbocycles. The summed E-state index contributed by atoms with van der Waals surface area (Å²) in [6.45, 7) is 0. The second-order valence-corrected chi connectivity index (χ2v) is 5.54. The van der Waals surface area contributed by atoms with Gasteiger partial charge in [0.25, 0.3) is 0 Å². The molecule has 0 bridgehead atoms. The van der Waals surface area contributed by atoms with Gasteiger partial charge in [-0.2, -0.15) is 5.10 Å². The molecule has 0 saturated carbocycles. The number of hydrogen-bond donors (Lipinski definition) is 0. The van der Waals surface area contributed by atoms with E-state index in [9.17, 15) is 4.79 Å². The van der Waals surface area contributed by atoms with Gasteiger partial charge in [0.1, 0.15) is 0 Å². The number of methoxy groups -OCH3 is 3. The van der Waals surface area contributed by atoms with Crippen molar-refractivity contribution in [3.63, 3.8) is 0 Å². The summed E-state index contributed by atoms with van der Waals surface area (Å²) >= 11 is 0. The van der Waals surface area contributed by atoms with Gasteiger partial charge in [-0.05, 0) is 17.7 Å². The Morgan fingerprint density at radius 2 is 1.72 bits per heavy atom. The highest BCUT2D eigenvalue weighted by atomic mass is 16.5. The van der Waals surface area contributed by atoms with E-state index < -0.39 is 0 Å². The van der Waals surface area contributed by atoms with Gasteiger partial charge in [0.15, 0.2) is 11.5 Å². The molecule has 0 N–H and O–H groups in total. The minimum atomic E-state index is -0.0314. The van der Waals surface area contributed by atoms with E-state index in [0.29, 0.717) is 29.2 Å². The molecular weight excluding hydrogens is 320 g/mol. The van der Waals surface area contributed by atoms with Crippen molar-refractivity contribution in [1.82, 2.24) is 5.01 Å². The number of carbonyl (C=O) groups excluding carboxylic acids is 1. The van der Waals surface area contributed by atoms with Crippen LogP contribution in [-0.2, 0) is 4.79 Å². The van der Waals surface area contributed by atoms with E-state index in [4.69, 9.17) is 14.2 Å². The molecule has 0 aromatic heterocycles. The highest BCUT2D eigenvalue weighted by Crippen LogP contribution is 2.39. The first kappa shape index (κ1) is 16.8. The standard InChI is InChI=1S/C19H20N2O4/c1-23-16-10-9-14(18(24-2)19(16)25-3)12-20-21-15(11-17(21)22)13-7-5-4-6-8-13/h4-10,12,15H,11H2,1-3H3/b20-12-/t15-/m0/s1. The monoisotopic (exact) mass is 340 g/mol. The van der Waals surface area contributed by atoms with Gasteiger partial charge in [-0.1, -0.05) is 30.3 Å². The number of carbonyl (C=O) groups is 1. The fourth-order valence-electron chi connectivity index (χ4n) is 2.84. The topological polar surface area (TPSA) is 60.4 Å². The molecule has 6 nitrogen and oxygen atoms in total. The smallest absolute Gasteiger partial charge is 0.245 e. The predicted octanol–water partition coefficient (Wildman–Crippen LogP) is 3.02. The molecule has 1 atom stereocenters. The molecule has 6 heteroatoms. The summed E-state index contributed by atoms with van der Waals surface area (Å²) in [5.41, 5.74) is 1.77. The Balaban J connectivity index is 1.87. The summed E-state index contributed by atoms with van der Waals surface area (Å²) in [6.07, 6.45) is 2.07. The highest BCUT2D eigenvalue weighted by molar-refractivity contribution is 5.89. The van der Waals surface area contributed by atoms with Gasteiger partial charge in [0, 0.05) is 5.56 Å². The molecule has 2 aromatic rings. The van der Waals surface area contributed by atoms with Crippen LogP contribution < -0.4 is 14.2 Å². The van der Waals surface area contributed by atoms with Gasteiger partial charge in [-0.3, -0.25) is 4.79 Å². The van der Waals surface area contributed by atoms with Crippen LogP contribution in [-0.4, -0.2) is 38.5 Å². The molecular formula is C19H20N2O4. The highest BCUT2D eigenvalue weighted by Gasteiger charge is 2.37. The average molecular weight is 340 g/mol. The Kier molecular flexibility index (Phi) is 4.88. The fourth-order valence-corrected chi connectivity index (χ4v) is 2.84. The molecule has 1 saturated heterocycles. The molecule has 1 heterocycles. The Labute approximate surface area is 146 Å². The van der Waals surface area contributed by atoms with Crippen molar-refractivity contribution in [1.29, 1.82) is 0 Å². The van der Waals surface area contributed by atoms with Gasteiger partial charge in [-0.25, -0.2) is 5.01 Å². The molecule has 130 valence electrons. The molecule has 2 aromatic carbocycles. The molecule has 25 heavy (non-hydrogen) atoms. The quantitative estimate of drug-likeness (QED) is 0.599. The van der Waals surface area contributed by atoms with Crippen LogP contribution in [0.25, 0.3) is 0 Å². The van der Waals surface area contributed by atoms with Gasteiger partial charge >= 0.3 is 0 Å². The van der Waals surface area contributed by atoms with Crippen LogP contribution in [0.3, 0.4) is 0 Å². The van der Waals surface area contributed by atoms with E-state index in [0.717, 1.165) is 5.56 Å². The van der Waals surface area contributed by atoms with Crippen molar-refractivity contribution in [2.45, 2.75) is 12.5 Å². The second-order valence-electron chi connectivity index (χ2n) is 5.54. The first-order chi connectivity index (χ1) is 12.2. The van der Waals surface area contributed by atoms with E-state index in [1.54, 1.807) is 33.6 Å². The molecule has 0 spiro atoms. The van der Waals surface area contributed by atoms with Gasteiger partial charge < -0.3 is 14.2 Å². The van der Waals surface area contributed by atoms with Crippen molar-refractivity contribution < 1.29 is 19.0 Å². The Morgan fingerprint density at radius 1 is 1.00 bits per heavy atom. The number of hydrazone groups is 1. The number of amides is 1. The molecule has 1 aliphatic rings. The fraction of sp³-hybridized carbons (Fsp3) is 0.263. The SMILES string of the molecule is COc1ccc(/C=N\N2C(=O)C[C@H]2c2ccccc2)c(OC)c1OC. The van der Waals surface area contributed by atoms with E-state index in [2.05, 4.69) is 5.10 Å². The maximum Gasteiger partial charge on any atom is 0.245 e. The van der Waals surface area contributed by atoms with Gasteiger partial charge in [0.2, 0.25) is 11.7 Å². The van der Waals surface area contributed by atoms with Crippen LogP contribution in [0.1, 0.15) is 23.6 Å². The lowest BCUT2D eigenvalue weighted by Gasteiger charge is -2.36. The van der Waals surface area contributed by atoms with Crippen LogP contribution in [0.5, 0.6) is 17.2 Å². The van der Waals surface area contributed by atoms with Crippen LogP contribution in [0.2, 0.25) is 0 Å². The lowest BCUT2D eigenvalue weighted by molar-refractivity contribution is -0.146. The zero-order valence-electron chi connectivity index (χ0n) is 14.4. The van der Waals surface area contributed by atoms with Crippen molar-refractivity contribution in [2.75, 3.05) is 21.3 Å². The Bertz CT molecular complexity index is 790. The van der Waals surface area contributed by atoms with Gasteiger partial charge in [0.05, 0.1) is 40.0 Å². The number of nitrogens with zero attached hydrogens (tertiary/aromatic N) is 2. The summed E-state index contributed by atoms with van der Waals surface area (Å²) in [7, 11) is 4.66. The average Bonchev–Trinajstić information content (AvgIpc) is 2.65. The normalized spacial score (nSPS) is 16.7. The maximum absolute atomic E-state index is 11.9. The summed E-state index contributed by atoms with van der Waals surface area (Å²) in [5, 5.41) is 5.85. The van der Waals surface area contributed by atoms with E-state index >= 15 is 0 Å². The van der Waals surface area contributed by atoms with Crippen molar-refractivity contribution in [3.05, 3.63) is 53.6 Å². The Morgan fingerprint density at radius 3 is 2.32 bits per heavy atom. The van der Waals surface area contributed by atoms with Gasteiger partial charge in [-0.15, -0.1) is 0 Å². The second kappa shape index (κ2) is 7.25. The third-order valence-corrected chi connectivity index (χ3v) is 4.16. The Hall–Kier alpha value is -3.02. The van der Waals surface area contributed by atoms with E-state index in [1.165, 1.54) is 5.01 Å². The van der Waals surface area contributed by atoms with E-state index in [-0.39, 0.29) is 11.9 Å². The van der Waals surface area contributed by atoms with Crippen LogP contribution in [0.15, 0.2) is 47.6 Å². The minimum Gasteiger partial charge on any atom is -0.493 e. The molecule has 1 amide bonds.